The molecule has 0 bridgehead atoms. The van der Waals surface area contributed by atoms with Gasteiger partial charge in [-0.1, -0.05) is 37.0 Å². The summed E-state index contributed by atoms with van der Waals surface area (Å²) in [6.45, 7) is 9.61. The summed E-state index contributed by atoms with van der Waals surface area (Å²) in [5.74, 6) is -2.80. The lowest BCUT2D eigenvalue weighted by molar-refractivity contribution is 0.0175. The van der Waals surface area contributed by atoms with Crippen molar-refractivity contribution in [2.75, 3.05) is 26.3 Å². The van der Waals surface area contributed by atoms with E-state index in [9.17, 15) is 13.6 Å². The van der Waals surface area contributed by atoms with Crippen molar-refractivity contribution in [2.45, 2.75) is 46.6 Å². The Balaban J connectivity index is 1.80. The third kappa shape index (κ3) is 5.35. The first-order valence-electron chi connectivity index (χ1n) is 11.8. The second-order valence-electron chi connectivity index (χ2n) is 9.72. The van der Waals surface area contributed by atoms with E-state index in [0.29, 0.717) is 60.4 Å². The van der Waals surface area contributed by atoms with Crippen molar-refractivity contribution >= 4 is 40.0 Å². The van der Waals surface area contributed by atoms with Gasteiger partial charge in [-0.05, 0) is 54.3 Å². The van der Waals surface area contributed by atoms with Crippen LogP contribution >= 0.6 is 23.2 Å². The number of nitrogens with zero attached hydrogens (tertiary/aromatic N) is 2. The number of benzene rings is 2. The number of carbonyl (C=O) groups is 1. The minimum atomic E-state index is -2.94. The molecular weight excluding hydrogens is 493 g/mol. The van der Waals surface area contributed by atoms with Crippen molar-refractivity contribution in [3.05, 3.63) is 68.3 Å². The maximum absolute atomic E-state index is 14.2. The number of amides is 1. The number of alkyl halides is 2. The largest absolute Gasteiger partial charge is 0.378 e. The predicted molar refractivity (Wildman–Crippen MR) is 137 cm³/mol. The van der Waals surface area contributed by atoms with Gasteiger partial charge in [0.2, 0.25) is 0 Å². The zero-order chi connectivity index (χ0) is 25.5. The first-order chi connectivity index (χ1) is 16.5. The molecule has 4 rings (SSSR count). The van der Waals surface area contributed by atoms with Crippen LogP contribution in [0.25, 0.3) is 10.9 Å². The number of fused-ring (bicyclic) bond motifs is 1. The lowest BCUT2D eigenvalue weighted by Crippen LogP contribution is -2.40. The van der Waals surface area contributed by atoms with Gasteiger partial charge in [-0.15, -0.1) is 0 Å². The van der Waals surface area contributed by atoms with E-state index in [4.69, 9.17) is 27.9 Å². The van der Waals surface area contributed by atoms with Gasteiger partial charge in [0, 0.05) is 60.2 Å². The van der Waals surface area contributed by atoms with E-state index in [0.717, 1.165) is 29.1 Å². The topological polar surface area (TPSA) is 34.5 Å². The van der Waals surface area contributed by atoms with Crippen molar-refractivity contribution in [3.63, 3.8) is 0 Å². The number of hydrogen-bond donors (Lipinski definition) is 0. The Morgan fingerprint density at radius 1 is 1.14 bits per heavy atom. The maximum atomic E-state index is 14.2. The molecule has 1 aliphatic rings. The summed E-state index contributed by atoms with van der Waals surface area (Å²) in [6.07, 6.45) is 0.376. The SMILES string of the molecule is Cc1cc(C(C)(F)F)cc2c1cc(Cc1c(Cl)ccc(C(=O)N3CCOCC3)c1Cl)n2CC(C)C. The van der Waals surface area contributed by atoms with Gasteiger partial charge in [-0.3, -0.25) is 4.79 Å². The Hall–Kier alpha value is -2.15. The highest BCUT2D eigenvalue weighted by molar-refractivity contribution is 6.38. The third-order valence-corrected chi connectivity index (χ3v) is 7.23. The fourth-order valence-electron chi connectivity index (χ4n) is 4.61. The van der Waals surface area contributed by atoms with Crippen LogP contribution in [0.15, 0.2) is 30.3 Å². The van der Waals surface area contributed by atoms with Crippen molar-refractivity contribution in [2.24, 2.45) is 5.92 Å². The number of hydrogen-bond acceptors (Lipinski definition) is 2. The van der Waals surface area contributed by atoms with E-state index < -0.39 is 5.92 Å². The van der Waals surface area contributed by atoms with E-state index in [1.165, 1.54) is 0 Å². The van der Waals surface area contributed by atoms with Gasteiger partial charge >= 0.3 is 0 Å². The van der Waals surface area contributed by atoms with Gasteiger partial charge in [0.15, 0.2) is 0 Å². The number of halogens is 4. The van der Waals surface area contributed by atoms with Crippen molar-refractivity contribution in [1.82, 2.24) is 9.47 Å². The van der Waals surface area contributed by atoms with Crippen molar-refractivity contribution in [3.8, 4) is 0 Å². The molecule has 35 heavy (non-hydrogen) atoms. The molecule has 0 spiro atoms. The van der Waals surface area contributed by atoms with Gasteiger partial charge < -0.3 is 14.2 Å². The lowest BCUT2D eigenvalue weighted by Gasteiger charge is -2.27. The first-order valence-corrected chi connectivity index (χ1v) is 12.6. The zero-order valence-electron chi connectivity index (χ0n) is 20.4. The molecule has 1 fully saturated rings. The minimum absolute atomic E-state index is 0.00803. The normalized spacial score (nSPS) is 14.8. The monoisotopic (exact) mass is 522 g/mol. The van der Waals surface area contributed by atoms with Crippen LogP contribution in [-0.2, 0) is 23.6 Å². The molecule has 3 aromatic rings. The Labute approximate surface area is 214 Å². The van der Waals surface area contributed by atoms with Crippen LogP contribution in [0.2, 0.25) is 10.0 Å². The van der Waals surface area contributed by atoms with E-state index >= 15 is 0 Å². The summed E-state index contributed by atoms with van der Waals surface area (Å²) >= 11 is 13.4. The molecule has 2 heterocycles. The van der Waals surface area contributed by atoms with Gasteiger partial charge in [-0.2, -0.15) is 0 Å². The summed E-state index contributed by atoms with van der Waals surface area (Å²) in [6, 6.07) is 8.51. The number of carbonyl (C=O) groups excluding carboxylic acids is 1. The quantitative estimate of drug-likeness (QED) is 0.346. The molecule has 0 aliphatic carbocycles. The first kappa shape index (κ1) is 25.9. The number of aromatic nitrogens is 1. The van der Waals surface area contributed by atoms with Crippen LogP contribution in [-0.4, -0.2) is 41.7 Å². The van der Waals surface area contributed by atoms with E-state index in [2.05, 4.69) is 18.4 Å². The molecule has 1 aliphatic heterocycles. The van der Waals surface area contributed by atoms with E-state index in [-0.39, 0.29) is 17.4 Å². The Morgan fingerprint density at radius 2 is 1.83 bits per heavy atom. The molecule has 188 valence electrons. The predicted octanol–water partition coefficient (Wildman–Crippen LogP) is 7.09. The van der Waals surface area contributed by atoms with Crippen LogP contribution in [0, 0.1) is 12.8 Å². The molecule has 0 unspecified atom stereocenters. The van der Waals surface area contributed by atoms with E-state index in [1.54, 1.807) is 29.2 Å². The smallest absolute Gasteiger partial charge is 0.270 e. The molecule has 2 aromatic carbocycles. The molecule has 0 atom stereocenters. The molecular formula is C27H30Cl2F2N2O2. The summed E-state index contributed by atoms with van der Waals surface area (Å²) in [4.78, 5) is 14.9. The number of ether oxygens (including phenoxy) is 1. The Morgan fingerprint density at radius 3 is 2.46 bits per heavy atom. The van der Waals surface area contributed by atoms with Gasteiger partial charge in [-0.25, -0.2) is 8.78 Å². The summed E-state index contributed by atoms with van der Waals surface area (Å²) in [5, 5.41) is 1.71. The number of rotatable bonds is 6. The van der Waals surface area contributed by atoms with Crippen molar-refractivity contribution in [1.29, 1.82) is 0 Å². The highest BCUT2D eigenvalue weighted by Crippen LogP contribution is 2.36. The molecule has 1 saturated heterocycles. The average molecular weight is 523 g/mol. The Kier molecular flexibility index (Phi) is 7.46. The highest BCUT2D eigenvalue weighted by Gasteiger charge is 2.27. The van der Waals surface area contributed by atoms with Crippen LogP contribution in [0.1, 0.15) is 53.5 Å². The van der Waals surface area contributed by atoms with Gasteiger partial charge in [0.05, 0.1) is 23.8 Å². The molecule has 0 N–H and O–H groups in total. The van der Waals surface area contributed by atoms with Gasteiger partial charge in [0.1, 0.15) is 0 Å². The molecule has 1 amide bonds. The summed E-state index contributed by atoms with van der Waals surface area (Å²) in [7, 11) is 0. The second kappa shape index (κ2) is 10.1. The van der Waals surface area contributed by atoms with Crippen LogP contribution < -0.4 is 0 Å². The van der Waals surface area contributed by atoms with Gasteiger partial charge in [0.25, 0.3) is 11.8 Å². The molecule has 1 aromatic heterocycles. The fraction of sp³-hybridized carbons (Fsp3) is 0.444. The van der Waals surface area contributed by atoms with E-state index in [1.807, 2.05) is 13.0 Å². The second-order valence-corrected chi connectivity index (χ2v) is 10.5. The lowest BCUT2D eigenvalue weighted by atomic mass is 10.0. The summed E-state index contributed by atoms with van der Waals surface area (Å²) in [5.41, 5.74) is 3.51. The van der Waals surface area contributed by atoms with Crippen molar-refractivity contribution < 1.29 is 18.3 Å². The van der Waals surface area contributed by atoms with Crippen LogP contribution in [0.4, 0.5) is 8.78 Å². The highest BCUT2D eigenvalue weighted by atomic mass is 35.5. The standard InChI is InChI=1S/C27H30Cl2F2N2O2/c1-16(2)15-33-19(13-21-17(3)11-18(12-24(21)33)27(4,30)31)14-22-23(28)6-5-20(25(22)29)26(34)32-7-9-35-10-8-32/h5-6,11-13,16H,7-10,14-15H2,1-4H3. The average Bonchev–Trinajstić information content (AvgIpc) is 3.13. The fourth-order valence-corrected chi connectivity index (χ4v) is 5.20. The molecule has 8 heteroatoms. The number of aryl methyl sites for hydroxylation is 1. The summed E-state index contributed by atoms with van der Waals surface area (Å²) < 4.78 is 35.8. The molecule has 0 saturated carbocycles. The molecule has 4 nitrogen and oxygen atoms in total. The van der Waals surface area contributed by atoms with Crippen LogP contribution in [0.5, 0.6) is 0 Å². The Bertz CT molecular complexity index is 1260. The molecule has 0 radical (unpaired) electrons. The maximum Gasteiger partial charge on any atom is 0.270 e. The third-order valence-electron chi connectivity index (χ3n) is 6.44. The minimum Gasteiger partial charge on any atom is -0.378 e. The zero-order valence-corrected chi connectivity index (χ0v) is 21.9. The van der Waals surface area contributed by atoms with Crippen LogP contribution in [0.3, 0.4) is 0 Å². The number of morpholine rings is 1.